The van der Waals surface area contributed by atoms with Gasteiger partial charge in [-0.3, -0.25) is 14.7 Å². The molecule has 0 bridgehead atoms. The van der Waals surface area contributed by atoms with Gasteiger partial charge in [-0.05, 0) is 53.1 Å². The summed E-state index contributed by atoms with van der Waals surface area (Å²) in [5, 5.41) is 0.688. The van der Waals surface area contributed by atoms with Gasteiger partial charge in [0.2, 0.25) is 0 Å². The quantitative estimate of drug-likeness (QED) is 0.214. The summed E-state index contributed by atoms with van der Waals surface area (Å²) < 4.78 is 11.5. The van der Waals surface area contributed by atoms with Crippen molar-refractivity contribution >= 4 is 28.9 Å². The Kier molecular flexibility index (Phi) is 9.00. The van der Waals surface area contributed by atoms with Gasteiger partial charge in [0, 0.05) is 5.56 Å². The number of ether oxygens (including phenoxy) is 2. The molecular formula is C31H30N2O3S. The minimum absolute atomic E-state index is 0.0723. The fourth-order valence-corrected chi connectivity index (χ4v) is 4.93. The van der Waals surface area contributed by atoms with Crippen LogP contribution in [0.2, 0.25) is 0 Å². The van der Waals surface area contributed by atoms with Crippen LogP contribution in [-0.2, 0) is 24.3 Å². The average Bonchev–Trinajstić information content (AvgIpc) is 3.21. The zero-order chi connectivity index (χ0) is 26.0. The lowest BCUT2D eigenvalue weighted by atomic mass is 10.0. The minimum atomic E-state index is -0.0723. The predicted octanol–water partition coefficient (Wildman–Crippen LogP) is 6.66. The van der Waals surface area contributed by atoms with Gasteiger partial charge in [0.15, 0.2) is 16.7 Å². The normalized spacial score (nSPS) is 15.3. The summed E-state index contributed by atoms with van der Waals surface area (Å²) in [6, 6.07) is 23.9. The summed E-state index contributed by atoms with van der Waals surface area (Å²) in [6.45, 7) is 8.92. The van der Waals surface area contributed by atoms with E-state index in [2.05, 4.69) is 13.2 Å². The first-order chi connectivity index (χ1) is 18.1. The van der Waals surface area contributed by atoms with Gasteiger partial charge < -0.3 is 9.47 Å². The number of nitrogens with zero attached hydrogens (tertiary/aromatic N) is 2. The summed E-state index contributed by atoms with van der Waals surface area (Å²) >= 11 is 1.39. The maximum atomic E-state index is 13.6. The van der Waals surface area contributed by atoms with Crippen molar-refractivity contribution in [3.05, 3.63) is 125 Å². The molecule has 1 heterocycles. The Balaban J connectivity index is 1.69. The number of allylic oxidation sites excluding steroid dienone is 1. The molecule has 4 rings (SSSR count). The van der Waals surface area contributed by atoms with Gasteiger partial charge in [-0.2, -0.15) is 0 Å². The number of hydrogen-bond donors (Lipinski definition) is 0. The van der Waals surface area contributed by atoms with Gasteiger partial charge in [0.1, 0.15) is 6.61 Å². The first-order valence-corrected chi connectivity index (χ1v) is 12.8. The minimum Gasteiger partial charge on any atom is -0.493 e. The number of carbonyl (C=O) groups is 1. The van der Waals surface area contributed by atoms with Crippen molar-refractivity contribution in [3.8, 4) is 11.5 Å². The molecule has 1 fully saturated rings. The molecule has 3 aromatic rings. The summed E-state index contributed by atoms with van der Waals surface area (Å²) in [5.41, 5.74) is 3.91. The second-order valence-corrected chi connectivity index (χ2v) is 9.38. The number of aliphatic imine (C=N–C) groups is 1. The van der Waals surface area contributed by atoms with Crippen LogP contribution >= 0.6 is 11.8 Å². The van der Waals surface area contributed by atoms with Gasteiger partial charge in [0.25, 0.3) is 5.91 Å². The van der Waals surface area contributed by atoms with Gasteiger partial charge >= 0.3 is 0 Å². The van der Waals surface area contributed by atoms with E-state index in [0.717, 1.165) is 22.3 Å². The van der Waals surface area contributed by atoms with Crippen LogP contribution in [0.25, 0.3) is 6.08 Å². The average molecular weight is 511 g/mol. The van der Waals surface area contributed by atoms with Crippen LogP contribution in [-0.4, -0.2) is 29.7 Å². The van der Waals surface area contributed by atoms with Crippen LogP contribution in [0, 0.1) is 0 Å². The lowest BCUT2D eigenvalue weighted by molar-refractivity contribution is -0.122. The number of amidine groups is 1. The molecule has 0 spiro atoms. The third-order valence-electron chi connectivity index (χ3n) is 5.69. The highest BCUT2D eigenvalue weighted by molar-refractivity contribution is 8.18. The van der Waals surface area contributed by atoms with E-state index in [1.165, 1.54) is 11.8 Å². The monoisotopic (exact) mass is 510 g/mol. The Morgan fingerprint density at radius 3 is 2.32 bits per heavy atom. The van der Waals surface area contributed by atoms with E-state index in [1.807, 2.05) is 84.9 Å². The second kappa shape index (κ2) is 12.8. The maximum Gasteiger partial charge on any atom is 0.267 e. The Hall–Kier alpha value is -4.03. The molecule has 1 aliphatic heterocycles. The van der Waals surface area contributed by atoms with Crippen molar-refractivity contribution in [2.75, 3.05) is 13.7 Å². The number of rotatable bonds is 11. The van der Waals surface area contributed by atoms with Crippen molar-refractivity contribution < 1.29 is 14.3 Å². The van der Waals surface area contributed by atoms with E-state index in [9.17, 15) is 4.79 Å². The molecule has 37 heavy (non-hydrogen) atoms. The standard InChI is InChI=1S/C31H30N2O3S/c1-4-12-26-18-25(19-27(35-3)29(26)36-17-5-2)20-28-30(34)33(22-24-15-10-7-11-16-24)31(37-28)32-21-23-13-8-6-9-14-23/h4-11,13-16,18-20H,1-2,12,17,21-22H2,3H3/b28-20+,32-31?. The molecule has 0 aromatic heterocycles. The third-order valence-corrected chi connectivity index (χ3v) is 6.74. The number of methoxy groups -OCH3 is 1. The number of hydrogen-bond acceptors (Lipinski definition) is 5. The molecule has 6 heteroatoms. The summed E-state index contributed by atoms with van der Waals surface area (Å²) in [4.78, 5) is 20.8. The molecule has 0 atom stereocenters. The summed E-state index contributed by atoms with van der Waals surface area (Å²) in [7, 11) is 1.61. The first-order valence-electron chi connectivity index (χ1n) is 12.0. The van der Waals surface area contributed by atoms with Crippen LogP contribution < -0.4 is 9.47 Å². The van der Waals surface area contributed by atoms with Crippen molar-refractivity contribution in [3.63, 3.8) is 0 Å². The molecule has 0 unspecified atom stereocenters. The first kappa shape index (κ1) is 26.0. The molecule has 1 saturated heterocycles. The van der Waals surface area contributed by atoms with Gasteiger partial charge in [-0.15, -0.1) is 6.58 Å². The molecule has 0 N–H and O–H groups in total. The molecule has 188 valence electrons. The largest absolute Gasteiger partial charge is 0.493 e. The topological polar surface area (TPSA) is 51.1 Å². The molecule has 1 aliphatic rings. The van der Waals surface area contributed by atoms with Crippen LogP contribution in [0.3, 0.4) is 0 Å². The molecular weight excluding hydrogens is 480 g/mol. The zero-order valence-corrected chi connectivity index (χ0v) is 21.7. The predicted molar refractivity (Wildman–Crippen MR) is 153 cm³/mol. The number of thioether (sulfide) groups is 1. The lowest BCUT2D eigenvalue weighted by Gasteiger charge is -2.16. The lowest BCUT2D eigenvalue weighted by Crippen LogP contribution is -2.28. The van der Waals surface area contributed by atoms with E-state index in [-0.39, 0.29) is 5.91 Å². The maximum absolute atomic E-state index is 13.6. The van der Waals surface area contributed by atoms with E-state index in [0.29, 0.717) is 47.7 Å². The van der Waals surface area contributed by atoms with E-state index >= 15 is 0 Å². The third kappa shape index (κ3) is 6.60. The van der Waals surface area contributed by atoms with Crippen LogP contribution in [0.1, 0.15) is 22.3 Å². The molecule has 3 aromatic carbocycles. The highest BCUT2D eigenvalue weighted by atomic mass is 32.2. The molecule has 0 aliphatic carbocycles. The Morgan fingerprint density at radius 1 is 0.973 bits per heavy atom. The van der Waals surface area contributed by atoms with Crippen molar-refractivity contribution in [1.29, 1.82) is 0 Å². The Labute approximate surface area is 222 Å². The van der Waals surface area contributed by atoms with Crippen LogP contribution in [0.4, 0.5) is 0 Å². The molecule has 1 amide bonds. The molecule has 5 nitrogen and oxygen atoms in total. The van der Waals surface area contributed by atoms with Crippen molar-refractivity contribution in [2.45, 2.75) is 19.5 Å². The van der Waals surface area contributed by atoms with Crippen molar-refractivity contribution in [2.24, 2.45) is 4.99 Å². The highest BCUT2D eigenvalue weighted by Crippen LogP contribution is 2.38. The smallest absolute Gasteiger partial charge is 0.267 e. The molecule has 0 saturated carbocycles. The summed E-state index contributed by atoms with van der Waals surface area (Å²) in [5.74, 6) is 1.19. The Morgan fingerprint density at radius 2 is 1.68 bits per heavy atom. The number of amides is 1. The van der Waals surface area contributed by atoms with Crippen molar-refractivity contribution in [1.82, 2.24) is 4.90 Å². The van der Waals surface area contributed by atoms with Gasteiger partial charge in [-0.25, -0.2) is 0 Å². The zero-order valence-electron chi connectivity index (χ0n) is 20.9. The summed E-state index contributed by atoms with van der Waals surface area (Å²) in [6.07, 6.45) is 6.00. The fraction of sp³-hybridized carbons (Fsp3) is 0.161. The second-order valence-electron chi connectivity index (χ2n) is 8.38. The van der Waals surface area contributed by atoms with E-state index in [4.69, 9.17) is 14.5 Å². The van der Waals surface area contributed by atoms with E-state index < -0.39 is 0 Å². The van der Waals surface area contributed by atoms with Crippen LogP contribution in [0.5, 0.6) is 11.5 Å². The highest BCUT2D eigenvalue weighted by Gasteiger charge is 2.33. The molecule has 0 radical (unpaired) electrons. The SMILES string of the molecule is C=CCOc1c(CC=C)cc(/C=C2/SC(=NCc3ccccc3)N(Cc3ccccc3)C2=O)cc1OC. The Bertz CT molecular complexity index is 1320. The fourth-order valence-electron chi connectivity index (χ4n) is 3.96. The number of carbonyl (C=O) groups excluding carboxylic acids is 1. The van der Waals surface area contributed by atoms with Gasteiger partial charge in [0.05, 0.1) is 25.1 Å². The van der Waals surface area contributed by atoms with E-state index in [1.54, 1.807) is 18.1 Å². The van der Waals surface area contributed by atoms with Gasteiger partial charge in [-0.1, -0.05) is 79.4 Å². The number of benzene rings is 3. The van der Waals surface area contributed by atoms with Crippen LogP contribution in [0.15, 0.2) is 108 Å².